The number of nitrogens with zero attached hydrogens (tertiary/aromatic N) is 3. The zero-order valence-corrected chi connectivity index (χ0v) is 25.2. The largest absolute Gasteiger partial charge is 0.455 e. The quantitative estimate of drug-likeness (QED) is 0.190. The van der Waals surface area contributed by atoms with Crippen LogP contribution in [-0.4, -0.2) is 15.0 Å². The monoisotopic (exact) mass is 599 g/mol. The van der Waals surface area contributed by atoms with Gasteiger partial charge >= 0.3 is 0 Å². The molecule has 0 unspecified atom stereocenters. The van der Waals surface area contributed by atoms with Crippen LogP contribution in [-0.2, 0) is 0 Å². The molecule has 218 valence electrons. The summed E-state index contributed by atoms with van der Waals surface area (Å²) in [5, 5.41) is 12.0. The first-order valence-corrected chi connectivity index (χ1v) is 15.8. The first-order valence-electron chi connectivity index (χ1n) is 15.8. The molecule has 0 aliphatic heterocycles. The van der Waals surface area contributed by atoms with Crippen molar-refractivity contribution in [3.8, 4) is 34.2 Å². The zero-order chi connectivity index (χ0) is 30.9. The predicted molar refractivity (Wildman–Crippen MR) is 193 cm³/mol. The number of aromatic nitrogens is 3. The van der Waals surface area contributed by atoms with E-state index in [4.69, 9.17) is 19.4 Å². The van der Waals surface area contributed by atoms with E-state index in [0.29, 0.717) is 17.5 Å². The molecule has 10 rings (SSSR count). The van der Waals surface area contributed by atoms with Crippen molar-refractivity contribution in [1.29, 1.82) is 0 Å². The Morgan fingerprint density at radius 1 is 0.340 bits per heavy atom. The van der Waals surface area contributed by atoms with Gasteiger partial charge in [0, 0.05) is 21.9 Å². The molecule has 0 saturated heterocycles. The van der Waals surface area contributed by atoms with E-state index in [-0.39, 0.29) is 0 Å². The van der Waals surface area contributed by atoms with E-state index < -0.39 is 0 Å². The lowest BCUT2D eigenvalue weighted by Crippen LogP contribution is -2.00. The van der Waals surface area contributed by atoms with Gasteiger partial charge in [0.05, 0.1) is 5.56 Å². The summed E-state index contributed by atoms with van der Waals surface area (Å²) in [6.45, 7) is 0. The van der Waals surface area contributed by atoms with Gasteiger partial charge in [0.1, 0.15) is 11.2 Å². The zero-order valence-electron chi connectivity index (χ0n) is 25.2. The second-order valence-corrected chi connectivity index (χ2v) is 12.0. The minimum atomic E-state index is 0.579. The fourth-order valence-corrected chi connectivity index (χ4v) is 7.05. The lowest BCUT2D eigenvalue weighted by Gasteiger charge is -2.12. The van der Waals surface area contributed by atoms with Gasteiger partial charge in [0.2, 0.25) is 0 Å². The molecule has 0 spiro atoms. The van der Waals surface area contributed by atoms with Crippen LogP contribution in [0.1, 0.15) is 0 Å². The van der Waals surface area contributed by atoms with E-state index in [0.717, 1.165) is 44.0 Å². The van der Waals surface area contributed by atoms with Gasteiger partial charge in [-0.25, -0.2) is 15.0 Å². The number of benzene rings is 8. The van der Waals surface area contributed by atoms with Crippen LogP contribution in [0.2, 0.25) is 0 Å². The lowest BCUT2D eigenvalue weighted by molar-refractivity contribution is 0.669. The molecule has 2 heterocycles. The average Bonchev–Trinajstić information content (AvgIpc) is 3.53. The van der Waals surface area contributed by atoms with Crippen LogP contribution in [0.25, 0.3) is 99.2 Å². The highest BCUT2D eigenvalue weighted by molar-refractivity contribution is 6.22. The van der Waals surface area contributed by atoms with Crippen molar-refractivity contribution in [2.45, 2.75) is 0 Å². The number of hydrogen-bond donors (Lipinski definition) is 0. The first-order chi connectivity index (χ1) is 23.3. The van der Waals surface area contributed by atoms with E-state index in [2.05, 4.69) is 91.0 Å². The van der Waals surface area contributed by atoms with E-state index in [1.807, 2.05) is 60.7 Å². The van der Waals surface area contributed by atoms with Gasteiger partial charge < -0.3 is 4.42 Å². The molecule has 8 aromatic carbocycles. The van der Waals surface area contributed by atoms with Crippen LogP contribution in [0.15, 0.2) is 156 Å². The van der Waals surface area contributed by atoms with Crippen molar-refractivity contribution in [3.05, 3.63) is 152 Å². The van der Waals surface area contributed by atoms with Gasteiger partial charge in [0.15, 0.2) is 17.5 Å². The van der Waals surface area contributed by atoms with Gasteiger partial charge in [-0.05, 0) is 61.3 Å². The molecule has 10 aromatic rings. The SMILES string of the molecule is c1ccc(-c2nc(-c3ccc4c(ccc5c4ccc4c6ccccc6ccc45)c3)nc(-c3cccc4c3oc3ccccc34)n2)cc1. The summed E-state index contributed by atoms with van der Waals surface area (Å²) in [6, 6.07) is 52.9. The molecule has 0 atom stereocenters. The third kappa shape index (κ3) is 4.05. The van der Waals surface area contributed by atoms with E-state index in [1.54, 1.807) is 0 Å². The number of furan rings is 1. The summed E-state index contributed by atoms with van der Waals surface area (Å²) < 4.78 is 6.38. The van der Waals surface area contributed by atoms with Crippen molar-refractivity contribution in [2.75, 3.05) is 0 Å². The third-order valence-corrected chi connectivity index (χ3v) is 9.31. The summed E-state index contributed by atoms with van der Waals surface area (Å²) in [7, 11) is 0. The van der Waals surface area contributed by atoms with Crippen LogP contribution in [0.4, 0.5) is 0 Å². The standard InChI is InChI=1S/C43H25N3O/c1-2-10-27(11-3-1)41-44-42(46-43(45-41)38-15-8-14-37-36-13-6-7-16-39(36)47-40(37)38)29-19-20-31-28(25-29)18-22-35-33(31)24-23-32-30-12-5-4-9-26(30)17-21-34(32)35/h1-25H. The Bertz CT molecular complexity index is 2850. The molecular formula is C43H25N3O. The van der Waals surface area contributed by atoms with E-state index >= 15 is 0 Å². The summed E-state index contributed by atoms with van der Waals surface area (Å²) in [5.41, 5.74) is 4.32. The molecule has 0 fully saturated rings. The van der Waals surface area contributed by atoms with Crippen LogP contribution >= 0.6 is 0 Å². The fraction of sp³-hybridized carbons (Fsp3) is 0. The number of rotatable bonds is 3. The van der Waals surface area contributed by atoms with Crippen molar-refractivity contribution >= 4 is 65.0 Å². The minimum absolute atomic E-state index is 0.579. The van der Waals surface area contributed by atoms with Crippen LogP contribution in [0.5, 0.6) is 0 Å². The molecule has 4 heteroatoms. The number of fused-ring (bicyclic) bond motifs is 10. The van der Waals surface area contributed by atoms with Crippen molar-refractivity contribution in [3.63, 3.8) is 0 Å². The molecule has 0 saturated carbocycles. The van der Waals surface area contributed by atoms with Crippen LogP contribution in [0.3, 0.4) is 0 Å². The van der Waals surface area contributed by atoms with Crippen molar-refractivity contribution in [2.24, 2.45) is 0 Å². The Labute approximate surface area is 269 Å². The first kappa shape index (κ1) is 25.9. The molecule has 47 heavy (non-hydrogen) atoms. The Morgan fingerprint density at radius 3 is 1.74 bits per heavy atom. The van der Waals surface area contributed by atoms with Gasteiger partial charge in [-0.2, -0.15) is 0 Å². The Hall–Kier alpha value is -6.39. The van der Waals surface area contributed by atoms with Gasteiger partial charge in [0.25, 0.3) is 0 Å². The Morgan fingerprint density at radius 2 is 0.915 bits per heavy atom. The Balaban J connectivity index is 1.17. The molecule has 0 bridgehead atoms. The second-order valence-electron chi connectivity index (χ2n) is 12.0. The maximum absolute atomic E-state index is 6.38. The van der Waals surface area contributed by atoms with E-state index in [1.165, 1.54) is 37.7 Å². The molecule has 4 nitrogen and oxygen atoms in total. The lowest BCUT2D eigenvalue weighted by atomic mass is 9.94. The molecule has 0 radical (unpaired) electrons. The highest BCUT2D eigenvalue weighted by Crippen LogP contribution is 2.38. The predicted octanol–water partition coefficient (Wildman–Crippen LogP) is 11.4. The highest BCUT2D eigenvalue weighted by Gasteiger charge is 2.18. The number of hydrogen-bond acceptors (Lipinski definition) is 4. The molecule has 0 N–H and O–H groups in total. The molecule has 0 aliphatic rings. The van der Waals surface area contributed by atoms with Gasteiger partial charge in [-0.3, -0.25) is 0 Å². The number of para-hydroxylation sites is 2. The minimum Gasteiger partial charge on any atom is -0.455 e. The van der Waals surface area contributed by atoms with Crippen molar-refractivity contribution < 1.29 is 4.42 Å². The fourth-order valence-electron chi connectivity index (χ4n) is 7.05. The summed E-state index contributed by atoms with van der Waals surface area (Å²) in [5.74, 6) is 1.82. The highest BCUT2D eigenvalue weighted by atomic mass is 16.3. The maximum atomic E-state index is 6.38. The average molecular weight is 600 g/mol. The van der Waals surface area contributed by atoms with Crippen LogP contribution in [0, 0.1) is 0 Å². The normalized spacial score (nSPS) is 11.8. The summed E-state index contributed by atoms with van der Waals surface area (Å²) in [6.07, 6.45) is 0. The molecule has 0 amide bonds. The summed E-state index contributed by atoms with van der Waals surface area (Å²) >= 11 is 0. The van der Waals surface area contributed by atoms with Gasteiger partial charge in [-0.1, -0.05) is 133 Å². The Kier molecular flexibility index (Phi) is 5.54. The molecule has 0 aliphatic carbocycles. The van der Waals surface area contributed by atoms with Gasteiger partial charge in [-0.15, -0.1) is 0 Å². The van der Waals surface area contributed by atoms with Crippen LogP contribution < -0.4 is 0 Å². The van der Waals surface area contributed by atoms with Crippen molar-refractivity contribution in [1.82, 2.24) is 15.0 Å². The van der Waals surface area contributed by atoms with E-state index in [9.17, 15) is 0 Å². The third-order valence-electron chi connectivity index (χ3n) is 9.31. The molecule has 2 aromatic heterocycles. The summed E-state index contributed by atoms with van der Waals surface area (Å²) in [4.78, 5) is 15.1. The molecular weight excluding hydrogens is 574 g/mol. The second kappa shape index (κ2) is 10.1. The maximum Gasteiger partial charge on any atom is 0.167 e. The topological polar surface area (TPSA) is 51.8 Å². The smallest absolute Gasteiger partial charge is 0.167 e.